The van der Waals surface area contributed by atoms with Gasteiger partial charge in [0.2, 0.25) is 0 Å². The Morgan fingerprint density at radius 1 is 1.04 bits per heavy atom. The van der Waals surface area contributed by atoms with E-state index in [4.69, 9.17) is 4.42 Å². The van der Waals surface area contributed by atoms with E-state index in [0.717, 1.165) is 27.2 Å². The molecule has 3 rings (SSSR count). The molecule has 0 spiro atoms. The molecule has 0 saturated carbocycles. The molecule has 0 aliphatic heterocycles. The highest BCUT2D eigenvalue weighted by Gasteiger charge is 2.07. The summed E-state index contributed by atoms with van der Waals surface area (Å²) in [5.74, 6) is 1.57. The van der Waals surface area contributed by atoms with Gasteiger partial charge >= 0.3 is 0 Å². The van der Waals surface area contributed by atoms with E-state index in [1.54, 1.807) is 6.21 Å². The lowest BCUT2D eigenvalue weighted by atomic mass is 10.1. The average molecular weight is 480 g/mol. The normalized spacial score (nSPS) is 11.3. The number of aryl methyl sites for hydroxylation is 2. The highest BCUT2D eigenvalue weighted by atomic mass is 127. The first kappa shape index (κ1) is 16.5. The van der Waals surface area contributed by atoms with Crippen molar-refractivity contribution in [2.75, 3.05) is 0 Å². The third-order valence-electron chi connectivity index (χ3n) is 3.50. The molecule has 2 nitrogen and oxygen atoms in total. The molecule has 0 amide bonds. The van der Waals surface area contributed by atoms with Crippen LogP contribution in [0, 0.1) is 17.4 Å². The van der Waals surface area contributed by atoms with Crippen LogP contribution < -0.4 is 0 Å². The zero-order chi connectivity index (χ0) is 16.4. The third kappa shape index (κ3) is 3.93. The van der Waals surface area contributed by atoms with E-state index in [2.05, 4.69) is 87.7 Å². The number of hydrogen-bond acceptors (Lipinski definition) is 2. The van der Waals surface area contributed by atoms with Crippen LogP contribution in [0.1, 0.15) is 16.9 Å². The van der Waals surface area contributed by atoms with E-state index in [9.17, 15) is 0 Å². The van der Waals surface area contributed by atoms with Crippen LogP contribution in [0.4, 0.5) is 5.69 Å². The van der Waals surface area contributed by atoms with Gasteiger partial charge in [0.25, 0.3) is 0 Å². The number of benzene rings is 2. The Kier molecular flexibility index (Phi) is 5.02. The summed E-state index contributed by atoms with van der Waals surface area (Å²) >= 11 is 5.91. The summed E-state index contributed by atoms with van der Waals surface area (Å²) in [7, 11) is 0. The van der Waals surface area contributed by atoms with Crippen LogP contribution in [0.25, 0.3) is 11.3 Å². The van der Waals surface area contributed by atoms with Crippen LogP contribution in [-0.2, 0) is 0 Å². The average Bonchev–Trinajstić information content (AvgIpc) is 2.97. The summed E-state index contributed by atoms with van der Waals surface area (Å²) in [5, 5.41) is 0. The molecule has 0 atom stereocenters. The highest BCUT2D eigenvalue weighted by Crippen LogP contribution is 2.30. The van der Waals surface area contributed by atoms with Crippen molar-refractivity contribution in [2.45, 2.75) is 13.8 Å². The lowest BCUT2D eigenvalue weighted by Crippen LogP contribution is -1.80. The molecular formula is C19H15BrINO. The molecule has 0 aliphatic rings. The van der Waals surface area contributed by atoms with Crippen molar-refractivity contribution in [2.24, 2.45) is 4.99 Å². The molecule has 0 saturated heterocycles. The monoisotopic (exact) mass is 479 g/mol. The molecule has 23 heavy (non-hydrogen) atoms. The molecule has 116 valence electrons. The van der Waals surface area contributed by atoms with Gasteiger partial charge in [-0.2, -0.15) is 0 Å². The number of halogens is 2. The number of rotatable bonds is 3. The summed E-state index contributed by atoms with van der Waals surface area (Å²) in [6, 6.07) is 16.3. The fraction of sp³-hybridized carbons (Fsp3) is 0.105. The second-order valence-electron chi connectivity index (χ2n) is 5.38. The summed E-state index contributed by atoms with van der Waals surface area (Å²) < 4.78 is 8.16. The first-order valence-electron chi connectivity index (χ1n) is 7.19. The van der Waals surface area contributed by atoms with E-state index in [0.29, 0.717) is 0 Å². The van der Waals surface area contributed by atoms with Gasteiger partial charge in [-0.3, -0.25) is 4.99 Å². The predicted octanol–water partition coefficient (Wildman–Crippen LogP) is 6.68. The molecule has 3 aromatic rings. The molecule has 4 heteroatoms. The molecule has 0 radical (unpaired) electrons. The fourth-order valence-corrected chi connectivity index (χ4v) is 3.26. The Morgan fingerprint density at radius 3 is 2.61 bits per heavy atom. The van der Waals surface area contributed by atoms with Gasteiger partial charge in [0.05, 0.1) is 11.9 Å². The highest BCUT2D eigenvalue weighted by molar-refractivity contribution is 14.1. The van der Waals surface area contributed by atoms with Gasteiger partial charge in [0.15, 0.2) is 0 Å². The van der Waals surface area contributed by atoms with E-state index in [1.807, 2.05) is 18.2 Å². The molecule has 1 heterocycles. The second-order valence-corrected chi connectivity index (χ2v) is 7.39. The Bertz CT molecular complexity index is 883. The van der Waals surface area contributed by atoms with Crippen molar-refractivity contribution in [1.82, 2.24) is 0 Å². The van der Waals surface area contributed by atoms with E-state index < -0.39 is 0 Å². The van der Waals surface area contributed by atoms with Gasteiger partial charge in [-0.15, -0.1) is 0 Å². The molecule has 2 aromatic carbocycles. The minimum atomic E-state index is 0.740. The Labute approximate surface area is 157 Å². The van der Waals surface area contributed by atoms with Gasteiger partial charge < -0.3 is 4.42 Å². The fourth-order valence-electron chi connectivity index (χ4n) is 2.23. The van der Waals surface area contributed by atoms with Crippen molar-refractivity contribution in [1.29, 1.82) is 0 Å². The Balaban J connectivity index is 1.84. The first-order chi connectivity index (χ1) is 11.0. The number of furan rings is 1. The smallest absolute Gasteiger partial charge is 0.145 e. The van der Waals surface area contributed by atoms with Gasteiger partial charge in [0.1, 0.15) is 11.5 Å². The second kappa shape index (κ2) is 7.01. The lowest BCUT2D eigenvalue weighted by Gasteiger charge is -2.02. The molecule has 0 aliphatic carbocycles. The standard InChI is InChI=1S/C19H15BrINO/c1-12-3-6-16(17(20)9-12)19-8-5-15(23-19)11-22-14-4-7-18(21)13(2)10-14/h3-11H,1-2H3. The maximum atomic E-state index is 5.89. The van der Waals surface area contributed by atoms with Crippen LogP contribution in [0.2, 0.25) is 0 Å². The van der Waals surface area contributed by atoms with E-state index in [1.165, 1.54) is 14.7 Å². The van der Waals surface area contributed by atoms with Crippen molar-refractivity contribution < 1.29 is 4.42 Å². The van der Waals surface area contributed by atoms with Gasteiger partial charge in [0, 0.05) is 13.6 Å². The van der Waals surface area contributed by atoms with Crippen molar-refractivity contribution in [3.8, 4) is 11.3 Å². The van der Waals surface area contributed by atoms with Crippen LogP contribution in [-0.4, -0.2) is 6.21 Å². The molecule has 0 N–H and O–H groups in total. The molecule has 0 fully saturated rings. The maximum absolute atomic E-state index is 5.89. The lowest BCUT2D eigenvalue weighted by molar-refractivity contribution is 0.575. The first-order valence-corrected chi connectivity index (χ1v) is 9.07. The Morgan fingerprint density at radius 2 is 1.87 bits per heavy atom. The minimum absolute atomic E-state index is 0.740. The van der Waals surface area contributed by atoms with Crippen molar-refractivity contribution >= 4 is 50.4 Å². The van der Waals surface area contributed by atoms with Gasteiger partial charge in [-0.05, 0) is 90.0 Å². The maximum Gasteiger partial charge on any atom is 0.145 e. The summed E-state index contributed by atoms with van der Waals surface area (Å²) in [4.78, 5) is 4.49. The largest absolute Gasteiger partial charge is 0.455 e. The van der Waals surface area contributed by atoms with E-state index in [-0.39, 0.29) is 0 Å². The van der Waals surface area contributed by atoms with Gasteiger partial charge in [-0.25, -0.2) is 0 Å². The molecular weight excluding hydrogens is 465 g/mol. The minimum Gasteiger partial charge on any atom is -0.455 e. The Hall–Kier alpha value is -1.40. The summed E-state index contributed by atoms with van der Waals surface area (Å²) in [6.45, 7) is 4.15. The molecule has 0 bridgehead atoms. The van der Waals surface area contributed by atoms with Gasteiger partial charge in [-0.1, -0.05) is 22.0 Å². The van der Waals surface area contributed by atoms with Crippen LogP contribution in [0.5, 0.6) is 0 Å². The van der Waals surface area contributed by atoms with Crippen molar-refractivity contribution in [3.63, 3.8) is 0 Å². The molecule has 0 unspecified atom stereocenters. The SMILES string of the molecule is Cc1ccc(-c2ccc(C=Nc3ccc(I)c(C)c3)o2)c(Br)c1. The number of nitrogens with zero attached hydrogens (tertiary/aromatic N) is 1. The topological polar surface area (TPSA) is 25.5 Å². The van der Waals surface area contributed by atoms with Crippen molar-refractivity contribution in [3.05, 3.63) is 73.5 Å². The van der Waals surface area contributed by atoms with Crippen LogP contribution >= 0.6 is 38.5 Å². The van der Waals surface area contributed by atoms with Crippen LogP contribution in [0.15, 0.2) is 62.4 Å². The zero-order valence-electron chi connectivity index (χ0n) is 12.8. The quantitative estimate of drug-likeness (QED) is 0.304. The summed E-state index contributed by atoms with van der Waals surface area (Å²) in [5.41, 5.74) is 4.41. The third-order valence-corrected chi connectivity index (χ3v) is 5.37. The molecule has 1 aromatic heterocycles. The number of hydrogen-bond donors (Lipinski definition) is 0. The number of aliphatic imine (C=N–C) groups is 1. The summed E-state index contributed by atoms with van der Waals surface area (Å²) in [6.07, 6.45) is 1.76. The predicted molar refractivity (Wildman–Crippen MR) is 108 cm³/mol. The van der Waals surface area contributed by atoms with E-state index >= 15 is 0 Å². The zero-order valence-corrected chi connectivity index (χ0v) is 16.6. The van der Waals surface area contributed by atoms with Crippen LogP contribution in [0.3, 0.4) is 0 Å².